The van der Waals surface area contributed by atoms with Crippen molar-refractivity contribution in [2.45, 2.75) is 51.5 Å². The van der Waals surface area contributed by atoms with Gasteiger partial charge in [0.1, 0.15) is 11.6 Å². The van der Waals surface area contributed by atoms with Gasteiger partial charge in [0.15, 0.2) is 0 Å². The number of ether oxygens (including phenoxy) is 1. The van der Waals surface area contributed by atoms with Crippen molar-refractivity contribution in [2.24, 2.45) is 0 Å². The summed E-state index contributed by atoms with van der Waals surface area (Å²) in [6, 6.07) is 7.18. The summed E-state index contributed by atoms with van der Waals surface area (Å²) in [5, 5.41) is 5.46. The molecule has 1 fully saturated rings. The van der Waals surface area contributed by atoms with Gasteiger partial charge in [-0.2, -0.15) is 4.98 Å². The van der Waals surface area contributed by atoms with Crippen LogP contribution >= 0.6 is 0 Å². The van der Waals surface area contributed by atoms with Crippen LogP contribution in [0.3, 0.4) is 0 Å². The second-order valence-corrected chi connectivity index (χ2v) is 7.94. The van der Waals surface area contributed by atoms with Crippen LogP contribution in [0.15, 0.2) is 29.1 Å². The van der Waals surface area contributed by atoms with Crippen LogP contribution in [-0.2, 0) is 9.59 Å². The van der Waals surface area contributed by atoms with Crippen LogP contribution in [0.4, 0.5) is 17.5 Å². The summed E-state index contributed by atoms with van der Waals surface area (Å²) in [6.07, 6.45) is 3.06. The number of benzene rings is 1. The molecule has 2 aromatic rings. The second kappa shape index (κ2) is 8.79. The number of fused-ring (bicyclic) bond motifs is 1. The van der Waals surface area contributed by atoms with E-state index in [0.717, 1.165) is 25.8 Å². The lowest BCUT2D eigenvalue weighted by atomic mass is 9.92. The first-order chi connectivity index (χ1) is 15.0. The van der Waals surface area contributed by atoms with Gasteiger partial charge in [0.05, 0.1) is 18.1 Å². The number of hydrogen-bond donors (Lipinski definition) is 3. The molecule has 2 aliphatic rings. The molecule has 31 heavy (non-hydrogen) atoms. The zero-order valence-corrected chi connectivity index (χ0v) is 17.7. The lowest BCUT2D eigenvalue weighted by Gasteiger charge is -2.34. The molecule has 1 saturated heterocycles. The number of aromatic nitrogens is 2. The average Bonchev–Trinajstić information content (AvgIpc) is 2.74. The van der Waals surface area contributed by atoms with E-state index in [1.54, 1.807) is 24.3 Å². The van der Waals surface area contributed by atoms with Gasteiger partial charge in [0.25, 0.3) is 5.56 Å². The fourth-order valence-electron chi connectivity index (χ4n) is 4.16. The van der Waals surface area contributed by atoms with E-state index in [1.165, 1.54) is 0 Å². The van der Waals surface area contributed by atoms with E-state index >= 15 is 0 Å². The monoisotopic (exact) mass is 425 g/mol. The van der Waals surface area contributed by atoms with Crippen molar-refractivity contribution in [2.75, 3.05) is 28.7 Å². The summed E-state index contributed by atoms with van der Waals surface area (Å²) in [4.78, 5) is 47.6. The standard InChI is InChI=1S/C22H27N5O4/c1-3-31-15-9-7-14(8-10-15)23-20(29)16-12-17(28)24-19-18(16)21(30)26-22(25-19)27-11-5-4-6-13(27)2/h7-10,13,16H,3-6,11-12H2,1-2H3,(H,23,29)(H2,24,25,26,28,30)/t13-,16-/m1/s1. The molecule has 164 valence electrons. The fraction of sp³-hybridized carbons (Fsp3) is 0.455. The number of amides is 2. The first-order valence-corrected chi connectivity index (χ1v) is 10.7. The molecule has 0 bridgehead atoms. The lowest BCUT2D eigenvalue weighted by molar-refractivity contribution is -0.123. The number of nitrogens with one attached hydrogen (secondary N) is 3. The van der Waals surface area contributed by atoms with E-state index in [-0.39, 0.29) is 29.8 Å². The number of nitrogens with zero attached hydrogens (tertiary/aromatic N) is 2. The molecule has 1 aromatic heterocycles. The summed E-state index contributed by atoms with van der Waals surface area (Å²) in [7, 11) is 0. The van der Waals surface area contributed by atoms with Gasteiger partial charge in [0, 0.05) is 24.7 Å². The lowest BCUT2D eigenvalue weighted by Crippen LogP contribution is -2.41. The number of H-pyrrole nitrogens is 1. The minimum Gasteiger partial charge on any atom is -0.494 e. The summed E-state index contributed by atoms with van der Waals surface area (Å²) >= 11 is 0. The van der Waals surface area contributed by atoms with Crippen LogP contribution in [0, 0.1) is 0 Å². The first kappa shape index (κ1) is 20.9. The molecular formula is C22H27N5O4. The number of carbonyl (C=O) groups excluding carboxylic acids is 2. The van der Waals surface area contributed by atoms with Crippen LogP contribution < -0.4 is 25.8 Å². The molecule has 9 heteroatoms. The van der Waals surface area contributed by atoms with Crippen molar-refractivity contribution in [3.63, 3.8) is 0 Å². The molecule has 9 nitrogen and oxygen atoms in total. The Bertz CT molecular complexity index is 1030. The minimum atomic E-state index is -0.917. The van der Waals surface area contributed by atoms with E-state index in [1.807, 2.05) is 11.8 Å². The van der Waals surface area contributed by atoms with Crippen molar-refractivity contribution in [1.82, 2.24) is 9.97 Å². The topological polar surface area (TPSA) is 116 Å². The molecule has 0 saturated carbocycles. The third-order valence-electron chi connectivity index (χ3n) is 5.76. The van der Waals surface area contributed by atoms with Crippen LogP contribution in [0.25, 0.3) is 0 Å². The van der Waals surface area contributed by atoms with Crippen LogP contribution in [0.5, 0.6) is 5.75 Å². The number of piperidine rings is 1. The molecule has 2 aliphatic heterocycles. The Morgan fingerprint density at radius 1 is 1.26 bits per heavy atom. The molecule has 0 unspecified atom stereocenters. The third-order valence-corrected chi connectivity index (χ3v) is 5.76. The Labute approximate surface area is 180 Å². The quantitative estimate of drug-likeness (QED) is 0.678. The zero-order chi connectivity index (χ0) is 22.0. The summed E-state index contributed by atoms with van der Waals surface area (Å²) in [5.41, 5.74) is 0.352. The molecule has 2 atom stereocenters. The van der Waals surface area contributed by atoms with E-state index in [2.05, 4.69) is 27.5 Å². The number of rotatable bonds is 5. The predicted octanol–water partition coefficient (Wildman–Crippen LogP) is 2.61. The number of hydrogen-bond acceptors (Lipinski definition) is 6. The molecule has 3 heterocycles. The first-order valence-electron chi connectivity index (χ1n) is 10.7. The highest BCUT2D eigenvalue weighted by Gasteiger charge is 2.35. The number of aromatic amines is 1. The van der Waals surface area contributed by atoms with Crippen molar-refractivity contribution in [3.8, 4) is 5.75 Å². The predicted molar refractivity (Wildman–Crippen MR) is 118 cm³/mol. The van der Waals surface area contributed by atoms with E-state index in [9.17, 15) is 14.4 Å². The summed E-state index contributed by atoms with van der Waals surface area (Å²) in [6.45, 7) is 5.32. The Balaban J connectivity index is 1.60. The van der Waals surface area contributed by atoms with E-state index in [4.69, 9.17) is 4.74 Å². The van der Waals surface area contributed by atoms with Gasteiger partial charge in [-0.3, -0.25) is 19.4 Å². The largest absolute Gasteiger partial charge is 0.494 e. The molecule has 1 aromatic carbocycles. The van der Waals surface area contributed by atoms with Gasteiger partial charge < -0.3 is 20.3 Å². The van der Waals surface area contributed by atoms with Crippen molar-refractivity contribution < 1.29 is 14.3 Å². The Morgan fingerprint density at radius 2 is 2.03 bits per heavy atom. The van der Waals surface area contributed by atoms with Gasteiger partial charge in [-0.25, -0.2) is 0 Å². The van der Waals surface area contributed by atoms with Crippen LogP contribution in [-0.4, -0.2) is 41.0 Å². The second-order valence-electron chi connectivity index (χ2n) is 7.94. The molecule has 0 spiro atoms. The smallest absolute Gasteiger partial charge is 0.258 e. The highest BCUT2D eigenvalue weighted by atomic mass is 16.5. The summed E-state index contributed by atoms with van der Waals surface area (Å²) in [5.74, 6) is -0.382. The molecule has 0 aliphatic carbocycles. The van der Waals surface area contributed by atoms with Gasteiger partial charge in [-0.05, 0) is 57.4 Å². The maximum absolute atomic E-state index is 13.0. The average molecular weight is 425 g/mol. The fourth-order valence-corrected chi connectivity index (χ4v) is 4.16. The Hall–Kier alpha value is -3.36. The van der Waals surface area contributed by atoms with Crippen molar-refractivity contribution in [3.05, 3.63) is 40.2 Å². The third kappa shape index (κ3) is 4.40. The summed E-state index contributed by atoms with van der Waals surface area (Å²) < 4.78 is 5.40. The number of carbonyl (C=O) groups is 2. The Kier molecular flexibility index (Phi) is 5.92. The highest BCUT2D eigenvalue weighted by molar-refractivity contribution is 6.04. The molecule has 0 radical (unpaired) electrons. The molecule has 3 N–H and O–H groups in total. The van der Waals surface area contributed by atoms with Gasteiger partial charge in [0.2, 0.25) is 17.8 Å². The minimum absolute atomic E-state index is 0.111. The van der Waals surface area contributed by atoms with Gasteiger partial charge in [-0.15, -0.1) is 0 Å². The normalized spacial score (nSPS) is 20.6. The molecule has 4 rings (SSSR count). The van der Waals surface area contributed by atoms with Crippen LogP contribution in [0.1, 0.15) is 51.0 Å². The Morgan fingerprint density at radius 3 is 2.74 bits per heavy atom. The maximum Gasteiger partial charge on any atom is 0.258 e. The van der Waals surface area contributed by atoms with E-state index in [0.29, 0.717) is 24.0 Å². The van der Waals surface area contributed by atoms with Crippen molar-refractivity contribution >= 4 is 29.3 Å². The molecular weight excluding hydrogens is 398 g/mol. The molecule has 2 amide bonds. The van der Waals surface area contributed by atoms with E-state index < -0.39 is 17.4 Å². The van der Waals surface area contributed by atoms with Crippen molar-refractivity contribution in [1.29, 1.82) is 0 Å². The number of anilines is 3. The van der Waals surface area contributed by atoms with Gasteiger partial charge in [-0.1, -0.05) is 0 Å². The van der Waals surface area contributed by atoms with Crippen LogP contribution in [0.2, 0.25) is 0 Å². The van der Waals surface area contributed by atoms with Gasteiger partial charge >= 0.3 is 0 Å². The highest BCUT2D eigenvalue weighted by Crippen LogP contribution is 2.31. The zero-order valence-electron chi connectivity index (χ0n) is 17.7. The SMILES string of the molecule is CCOc1ccc(NC(=O)[C@@H]2CC(=O)Nc3nc(N4CCCC[C@H]4C)[nH]c(=O)c32)cc1. The maximum atomic E-state index is 13.0.